The van der Waals surface area contributed by atoms with Crippen molar-refractivity contribution in [2.45, 2.75) is 26.2 Å². The molecule has 0 radical (unpaired) electrons. The van der Waals surface area contributed by atoms with Gasteiger partial charge in [0.15, 0.2) is 0 Å². The van der Waals surface area contributed by atoms with E-state index in [0.29, 0.717) is 19.3 Å². The van der Waals surface area contributed by atoms with E-state index in [4.69, 9.17) is 4.74 Å². The quantitative estimate of drug-likeness (QED) is 0.725. The van der Waals surface area contributed by atoms with Crippen molar-refractivity contribution in [1.82, 2.24) is 5.32 Å². The lowest BCUT2D eigenvalue weighted by Gasteiger charge is -2.14. The zero-order valence-corrected chi connectivity index (χ0v) is 15.2. The Bertz CT molecular complexity index is 757. The molecule has 1 unspecified atom stereocenters. The average molecular weight is 355 g/mol. The van der Waals surface area contributed by atoms with Gasteiger partial charge in [0.1, 0.15) is 5.75 Å². The standard InChI is InChI=1S/C21H25NO4/c1-15-5-3-7-17(11-15)12-18(21(24)25)14-22-20(23)10-9-16-6-4-8-19(13-16)26-2/h3-8,11,13,18H,9-10,12,14H2,1-2H3,(H,22,23)(H,24,25). The topological polar surface area (TPSA) is 75.6 Å². The number of benzene rings is 2. The number of carboxylic acid groups (broad SMARTS) is 1. The largest absolute Gasteiger partial charge is 0.497 e. The van der Waals surface area contributed by atoms with Crippen LogP contribution in [0, 0.1) is 12.8 Å². The lowest BCUT2D eigenvalue weighted by atomic mass is 9.98. The van der Waals surface area contributed by atoms with E-state index in [1.54, 1.807) is 7.11 Å². The number of aryl methyl sites for hydroxylation is 2. The predicted molar refractivity (Wildman–Crippen MR) is 100 cm³/mol. The maximum Gasteiger partial charge on any atom is 0.308 e. The molecule has 0 saturated heterocycles. The first kappa shape index (κ1) is 19.5. The number of amides is 1. The molecule has 0 bridgehead atoms. The molecule has 0 heterocycles. The summed E-state index contributed by atoms with van der Waals surface area (Å²) in [5, 5.41) is 12.2. The van der Waals surface area contributed by atoms with Crippen molar-refractivity contribution >= 4 is 11.9 Å². The summed E-state index contributed by atoms with van der Waals surface area (Å²) in [7, 11) is 1.60. The summed E-state index contributed by atoms with van der Waals surface area (Å²) in [6, 6.07) is 15.3. The molecular formula is C21H25NO4. The molecule has 5 heteroatoms. The van der Waals surface area contributed by atoms with Crippen LogP contribution in [-0.4, -0.2) is 30.6 Å². The number of ether oxygens (including phenoxy) is 1. The van der Waals surface area contributed by atoms with Crippen molar-refractivity contribution in [3.8, 4) is 5.75 Å². The summed E-state index contributed by atoms with van der Waals surface area (Å²) in [5.41, 5.74) is 3.06. The van der Waals surface area contributed by atoms with Gasteiger partial charge in [0.05, 0.1) is 13.0 Å². The monoisotopic (exact) mass is 355 g/mol. The number of methoxy groups -OCH3 is 1. The maximum atomic E-state index is 12.1. The van der Waals surface area contributed by atoms with Gasteiger partial charge in [-0.3, -0.25) is 9.59 Å². The second-order valence-corrected chi connectivity index (χ2v) is 6.38. The second-order valence-electron chi connectivity index (χ2n) is 6.38. The molecule has 26 heavy (non-hydrogen) atoms. The average Bonchev–Trinajstić information content (AvgIpc) is 2.63. The molecule has 2 rings (SSSR count). The number of hydrogen-bond donors (Lipinski definition) is 2. The molecule has 1 atom stereocenters. The van der Waals surface area contributed by atoms with E-state index in [0.717, 1.165) is 22.4 Å². The van der Waals surface area contributed by atoms with Gasteiger partial charge in [0.2, 0.25) is 5.91 Å². The van der Waals surface area contributed by atoms with Gasteiger partial charge in [-0.2, -0.15) is 0 Å². The fourth-order valence-electron chi connectivity index (χ4n) is 2.78. The number of rotatable bonds is 9. The van der Waals surface area contributed by atoms with E-state index in [-0.39, 0.29) is 12.5 Å². The number of aliphatic carboxylic acids is 1. The molecule has 2 N–H and O–H groups in total. The first-order valence-corrected chi connectivity index (χ1v) is 8.66. The maximum absolute atomic E-state index is 12.1. The third kappa shape index (κ3) is 6.24. The Balaban J connectivity index is 1.84. The molecule has 138 valence electrons. The van der Waals surface area contributed by atoms with Gasteiger partial charge in [-0.1, -0.05) is 42.0 Å². The van der Waals surface area contributed by atoms with Crippen LogP contribution in [0.4, 0.5) is 0 Å². The van der Waals surface area contributed by atoms with Crippen LogP contribution in [0.3, 0.4) is 0 Å². The van der Waals surface area contributed by atoms with E-state index in [9.17, 15) is 14.7 Å². The van der Waals surface area contributed by atoms with E-state index < -0.39 is 11.9 Å². The molecule has 2 aromatic carbocycles. The highest BCUT2D eigenvalue weighted by Crippen LogP contribution is 2.14. The molecule has 5 nitrogen and oxygen atoms in total. The third-order valence-electron chi connectivity index (χ3n) is 4.23. The van der Waals surface area contributed by atoms with Gasteiger partial charge in [-0.15, -0.1) is 0 Å². The minimum Gasteiger partial charge on any atom is -0.497 e. The van der Waals surface area contributed by atoms with Gasteiger partial charge in [0, 0.05) is 13.0 Å². The van der Waals surface area contributed by atoms with Crippen LogP contribution in [0.25, 0.3) is 0 Å². The SMILES string of the molecule is COc1cccc(CCC(=O)NCC(Cc2cccc(C)c2)C(=O)O)c1. The minimum absolute atomic E-state index is 0.125. The summed E-state index contributed by atoms with van der Waals surface area (Å²) < 4.78 is 5.17. The van der Waals surface area contributed by atoms with Gasteiger partial charge in [0.25, 0.3) is 0 Å². The fraction of sp³-hybridized carbons (Fsp3) is 0.333. The molecule has 0 aliphatic carbocycles. The van der Waals surface area contributed by atoms with Crippen molar-refractivity contribution < 1.29 is 19.4 Å². The molecule has 0 fully saturated rings. The van der Waals surface area contributed by atoms with Crippen LogP contribution >= 0.6 is 0 Å². The van der Waals surface area contributed by atoms with Crippen LogP contribution in [0.1, 0.15) is 23.1 Å². The van der Waals surface area contributed by atoms with Crippen molar-refractivity contribution in [2.24, 2.45) is 5.92 Å². The summed E-state index contributed by atoms with van der Waals surface area (Å²) in [4.78, 5) is 23.6. The number of carbonyl (C=O) groups is 2. The van der Waals surface area contributed by atoms with E-state index >= 15 is 0 Å². The van der Waals surface area contributed by atoms with Crippen molar-refractivity contribution in [2.75, 3.05) is 13.7 Å². The van der Waals surface area contributed by atoms with Gasteiger partial charge in [-0.05, 0) is 43.0 Å². The summed E-state index contributed by atoms with van der Waals surface area (Å²) in [6.45, 7) is 2.10. The summed E-state index contributed by atoms with van der Waals surface area (Å²) in [6.07, 6.45) is 1.29. The molecule has 0 aromatic heterocycles. The normalized spacial score (nSPS) is 11.6. The predicted octanol–water partition coefficient (Wildman–Crippen LogP) is 3.00. The number of carboxylic acids is 1. The zero-order valence-electron chi connectivity index (χ0n) is 15.2. The molecular weight excluding hydrogens is 330 g/mol. The Hall–Kier alpha value is -2.82. The Morgan fingerprint density at radius 2 is 1.85 bits per heavy atom. The fourth-order valence-corrected chi connectivity index (χ4v) is 2.78. The Morgan fingerprint density at radius 1 is 1.12 bits per heavy atom. The summed E-state index contributed by atoms with van der Waals surface area (Å²) in [5.74, 6) is -0.938. The van der Waals surface area contributed by atoms with Gasteiger partial charge < -0.3 is 15.2 Å². The highest BCUT2D eigenvalue weighted by atomic mass is 16.5. The third-order valence-corrected chi connectivity index (χ3v) is 4.23. The molecule has 0 spiro atoms. The van der Waals surface area contributed by atoms with Crippen LogP contribution in [0.5, 0.6) is 5.75 Å². The van der Waals surface area contributed by atoms with Gasteiger partial charge in [-0.25, -0.2) is 0 Å². The Kier molecular flexibility index (Phi) is 7.21. The number of carbonyl (C=O) groups excluding carboxylic acids is 1. The highest BCUT2D eigenvalue weighted by molar-refractivity contribution is 5.77. The van der Waals surface area contributed by atoms with Crippen LogP contribution in [0.2, 0.25) is 0 Å². The first-order chi connectivity index (χ1) is 12.5. The minimum atomic E-state index is -0.903. The summed E-state index contributed by atoms with van der Waals surface area (Å²) >= 11 is 0. The van der Waals surface area contributed by atoms with Gasteiger partial charge >= 0.3 is 5.97 Å². The number of hydrogen-bond acceptors (Lipinski definition) is 3. The van der Waals surface area contributed by atoms with Crippen LogP contribution < -0.4 is 10.1 Å². The van der Waals surface area contributed by atoms with Crippen molar-refractivity contribution in [3.05, 3.63) is 65.2 Å². The molecule has 0 aliphatic rings. The molecule has 0 aliphatic heterocycles. The Labute approximate surface area is 154 Å². The smallest absolute Gasteiger partial charge is 0.308 e. The lowest BCUT2D eigenvalue weighted by Crippen LogP contribution is -2.34. The van der Waals surface area contributed by atoms with Crippen LogP contribution in [0.15, 0.2) is 48.5 Å². The van der Waals surface area contributed by atoms with E-state index in [1.807, 2.05) is 55.5 Å². The van der Waals surface area contributed by atoms with Crippen LogP contribution in [-0.2, 0) is 22.4 Å². The number of nitrogens with one attached hydrogen (secondary N) is 1. The molecule has 0 saturated carbocycles. The van der Waals surface area contributed by atoms with Crippen molar-refractivity contribution in [3.63, 3.8) is 0 Å². The first-order valence-electron chi connectivity index (χ1n) is 8.66. The Morgan fingerprint density at radius 3 is 2.54 bits per heavy atom. The molecule has 1 amide bonds. The van der Waals surface area contributed by atoms with E-state index in [1.165, 1.54) is 0 Å². The van der Waals surface area contributed by atoms with Crippen molar-refractivity contribution in [1.29, 1.82) is 0 Å². The zero-order chi connectivity index (χ0) is 18.9. The van der Waals surface area contributed by atoms with E-state index in [2.05, 4.69) is 5.32 Å². The highest BCUT2D eigenvalue weighted by Gasteiger charge is 2.19. The lowest BCUT2D eigenvalue weighted by molar-refractivity contribution is -0.141. The molecule has 2 aromatic rings. The second kappa shape index (κ2) is 9.61.